The molecule has 0 saturated heterocycles. The van der Waals surface area contributed by atoms with E-state index in [2.05, 4.69) is 65.0 Å². The largest absolute Gasteiger partial charge is 0.360 e. The number of hydrogen-bond donors (Lipinski definition) is 1. The van der Waals surface area contributed by atoms with Crippen LogP contribution in [0.1, 0.15) is 5.56 Å². The van der Waals surface area contributed by atoms with Crippen molar-refractivity contribution >= 4 is 5.69 Å². The number of anilines is 1. The first-order valence-electron chi connectivity index (χ1n) is 7.08. The topological polar surface area (TPSA) is 37.4 Å². The van der Waals surface area contributed by atoms with Crippen LogP contribution in [0.5, 0.6) is 0 Å². The maximum Gasteiger partial charge on any atom is 0.0704 e. The number of hydrogen-bond acceptors (Lipinski definition) is 3. The third-order valence-corrected chi connectivity index (χ3v) is 3.87. The fourth-order valence-electron chi connectivity index (χ4n) is 3.08. The van der Waals surface area contributed by atoms with Gasteiger partial charge in [0.1, 0.15) is 0 Å². The summed E-state index contributed by atoms with van der Waals surface area (Å²) in [6.45, 7) is 3.47. The van der Waals surface area contributed by atoms with Crippen LogP contribution in [-0.2, 0) is 13.1 Å². The Labute approximate surface area is 120 Å². The van der Waals surface area contributed by atoms with E-state index in [9.17, 15) is 0 Å². The molecule has 2 N–H and O–H groups in total. The van der Waals surface area contributed by atoms with Crippen LogP contribution in [0.4, 0.5) is 5.69 Å². The summed E-state index contributed by atoms with van der Waals surface area (Å²) in [4.78, 5) is 4.64. The van der Waals surface area contributed by atoms with Gasteiger partial charge in [-0.05, 0) is 12.6 Å². The van der Waals surface area contributed by atoms with Crippen LogP contribution in [0.25, 0.3) is 11.3 Å². The molecule has 0 saturated carbocycles. The normalized spacial score (nSPS) is 15.4. The lowest BCUT2D eigenvalue weighted by molar-refractivity contribution is 0.317. The standard InChI is InChI=1S/C16H22N4/c1-18-10-14-15(19(2)12-18)11-20(9-8-17)16(14)13-6-4-3-5-7-13/h3-7,11H,8-10,12,17H2,1-2H3. The highest BCUT2D eigenvalue weighted by Crippen LogP contribution is 2.36. The molecule has 0 spiro atoms. The van der Waals surface area contributed by atoms with Crippen LogP contribution >= 0.6 is 0 Å². The van der Waals surface area contributed by atoms with Crippen LogP contribution in [0.3, 0.4) is 0 Å². The summed E-state index contributed by atoms with van der Waals surface area (Å²) in [6.07, 6.45) is 2.25. The molecule has 0 aliphatic carbocycles. The van der Waals surface area contributed by atoms with Gasteiger partial charge in [-0.25, -0.2) is 0 Å². The minimum atomic E-state index is 0.660. The van der Waals surface area contributed by atoms with Crippen LogP contribution in [-0.4, -0.2) is 36.8 Å². The van der Waals surface area contributed by atoms with Gasteiger partial charge in [0.15, 0.2) is 0 Å². The Morgan fingerprint density at radius 1 is 1.15 bits per heavy atom. The summed E-state index contributed by atoms with van der Waals surface area (Å²) in [5.74, 6) is 0. The van der Waals surface area contributed by atoms with Gasteiger partial charge in [-0.2, -0.15) is 0 Å². The molecule has 0 bridgehead atoms. The summed E-state index contributed by atoms with van der Waals surface area (Å²) >= 11 is 0. The molecule has 106 valence electrons. The first kappa shape index (κ1) is 13.2. The minimum absolute atomic E-state index is 0.660. The van der Waals surface area contributed by atoms with Crippen molar-refractivity contribution in [2.45, 2.75) is 13.1 Å². The summed E-state index contributed by atoms with van der Waals surface area (Å²) in [5, 5.41) is 0. The zero-order valence-corrected chi connectivity index (χ0v) is 12.2. The first-order valence-corrected chi connectivity index (χ1v) is 7.08. The number of aromatic nitrogens is 1. The summed E-state index contributed by atoms with van der Waals surface area (Å²) in [6, 6.07) is 10.6. The maximum absolute atomic E-state index is 5.78. The van der Waals surface area contributed by atoms with Gasteiger partial charge in [-0.3, -0.25) is 4.90 Å². The van der Waals surface area contributed by atoms with E-state index in [0.717, 1.165) is 19.8 Å². The Morgan fingerprint density at radius 3 is 2.60 bits per heavy atom. The van der Waals surface area contributed by atoms with E-state index >= 15 is 0 Å². The SMILES string of the molecule is CN1Cc2c(cn(CCN)c2-c2ccccc2)N(C)C1. The minimum Gasteiger partial charge on any atom is -0.360 e. The van der Waals surface area contributed by atoms with E-state index in [0.29, 0.717) is 6.54 Å². The van der Waals surface area contributed by atoms with E-state index in [-0.39, 0.29) is 0 Å². The van der Waals surface area contributed by atoms with Gasteiger partial charge >= 0.3 is 0 Å². The molecule has 1 aromatic heterocycles. The number of fused-ring (bicyclic) bond motifs is 1. The lowest BCUT2D eigenvalue weighted by atomic mass is 10.1. The predicted octanol–water partition coefficient (Wildman–Crippen LogP) is 1.95. The third kappa shape index (κ3) is 2.21. The average Bonchev–Trinajstić information content (AvgIpc) is 2.79. The molecule has 2 heterocycles. The van der Waals surface area contributed by atoms with Crippen LogP contribution in [0, 0.1) is 0 Å². The summed E-state index contributed by atoms with van der Waals surface area (Å²) in [5.41, 5.74) is 11.1. The smallest absolute Gasteiger partial charge is 0.0704 e. The number of benzene rings is 1. The Morgan fingerprint density at radius 2 is 1.90 bits per heavy atom. The summed E-state index contributed by atoms with van der Waals surface area (Å²) in [7, 11) is 4.31. The molecule has 0 amide bonds. The van der Waals surface area contributed by atoms with Crippen molar-refractivity contribution in [1.82, 2.24) is 9.47 Å². The maximum atomic E-state index is 5.78. The molecular weight excluding hydrogens is 248 g/mol. The van der Waals surface area contributed by atoms with E-state index in [1.165, 1.54) is 22.5 Å². The molecule has 4 heteroatoms. The Hall–Kier alpha value is -1.78. The van der Waals surface area contributed by atoms with Crippen LogP contribution in [0.15, 0.2) is 36.5 Å². The quantitative estimate of drug-likeness (QED) is 0.926. The molecule has 0 radical (unpaired) electrons. The van der Waals surface area contributed by atoms with Crippen molar-refractivity contribution in [3.63, 3.8) is 0 Å². The number of nitrogens with zero attached hydrogens (tertiary/aromatic N) is 3. The highest BCUT2D eigenvalue weighted by Gasteiger charge is 2.24. The highest BCUT2D eigenvalue weighted by molar-refractivity contribution is 5.73. The first-order chi connectivity index (χ1) is 9.70. The lowest BCUT2D eigenvalue weighted by Crippen LogP contribution is -2.37. The monoisotopic (exact) mass is 270 g/mol. The van der Waals surface area contributed by atoms with E-state index in [4.69, 9.17) is 5.73 Å². The van der Waals surface area contributed by atoms with Gasteiger partial charge < -0.3 is 15.2 Å². The molecule has 0 atom stereocenters. The molecule has 4 nitrogen and oxygen atoms in total. The van der Waals surface area contributed by atoms with Gasteiger partial charge in [0, 0.05) is 38.4 Å². The van der Waals surface area contributed by atoms with Gasteiger partial charge in [0.25, 0.3) is 0 Å². The van der Waals surface area contributed by atoms with E-state index in [1.807, 2.05) is 0 Å². The molecule has 3 rings (SSSR count). The fourth-order valence-corrected chi connectivity index (χ4v) is 3.08. The Balaban J connectivity index is 2.16. The molecule has 1 aromatic carbocycles. The summed E-state index contributed by atoms with van der Waals surface area (Å²) < 4.78 is 2.30. The predicted molar refractivity (Wildman–Crippen MR) is 83.7 cm³/mol. The van der Waals surface area contributed by atoms with Gasteiger partial charge in [0.05, 0.1) is 18.1 Å². The number of rotatable bonds is 3. The van der Waals surface area contributed by atoms with Gasteiger partial charge in [-0.15, -0.1) is 0 Å². The second kappa shape index (κ2) is 5.31. The molecule has 20 heavy (non-hydrogen) atoms. The van der Waals surface area contributed by atoms with E-state index < -0.39 is 0 Å². The van der Waals surface area contributed by atoms with Crippen LogP contribution < -0.4 is 10.6 Å². The molecule has 2 aromatic rings. The molecule has 1 aliphatic rings. The molecule has 0 unspecified atom stereocenters. The van der Waals surface area contributed by atoms with Gasteiger partial charge in [-0.1, -0.05) is 30.3 Å². The van der Waals surface area contributed by atoms with Crippen LogP contribution in [0.2, 0.25) is 0 Å². The van der Waals surface area contributed by atoms with E-state index in [1.54, 1.807) is 0 Å². The van der Waals surface area contributed by atoms with Crippen molar-refractivity contribution in [2.24, 2.45) is 5.73 Å². The zero-order valence-electron chi connectivity index (χ0n) is 12.2. The van der Waals surface area contributed by atoms with Crippen molar-refractivity contribution in [3.8, 4) is 11.3 Å². The molecular formula is C16H22N4. The second-order valence-electron chi connectivity index (χ2n) is 5.54. The zero-order chi connectivity index (χ0) is 14.1. The molecule has 0 fully saturated rings. The average molecular weight is 270 g/mol. The highest BCUT2D eigenvalue weighted by atomic mass is 15.3. The van der Waals surface area contributed by atoms with Crippen molar-refractivity contribution in [3.05, 3.63) is 42.1 Å². The number of nitrogens with two attached hydrogens (primary N) is 1. The van der Waals surface area contributed by atoms with Crippen molar-refractivity contribution < 1.29 is 0 Å². The fraction of sp³-hybridized carbons (Fsp3) is 0.375. The van der Waals surface area contributed by atoms with Crippen molar-refractivity contribution in [1.29, 1.82) is 0 Å². The third-order valence-electron chi connectivity index (χ3n) is 3.87. The Bertz CT molecular complexity index is 588. The lowest BCUT2D eigenvalue weighted by Gasteiger charge is -2.32. The second-order valence-corrected chi connectivity index (χ2v) is 5.54. The van der Waals surface area contributed by atoms with Crippen molar-refractivity contribution in [2.75, 3.05) is 32.2 Å². The van der Waals surface area contributed by atoms with Gasteiger partial charge in [0.2, 0.25) is 0 Å². The Kier molecular flexibility index (Phi) is 3.51. The molecule has 1 aliphatic heterocycles.